The molecular formula is C18H15ClN4O. The van der Waals surface area contributed by atoms with E-state index in [2.05, 4.69) is 20.6 Å². The minimum absolute atomic E-state index is 0.214. The lowest BCUT2D eigenvalue weighted by molar-refractivity contribution is 0.102. The number of hydrogen-bond acceptors (Lipinski definition) is 4. The third-order valence-electron chi connectivity index (χ3n) is 3.31. The zero-order valence-corrected chi connectivity index (χ0v) is 13.5. The van der Waals surface area contributed by atoms with Gasteiger partial charge in [0.1, 0.15) is 5.82 Å². The Kier molecular flexibility index (Phi) is 5.03. The number of amides is 1. The molecule has 2 N–H and O–H groups in total. The van der Waals surface area contributed by atoms with E-state index in [1.807, 2.05) is 18.2 Å². The number of carbonyl (C=O) groups excluding carboxylic acids is 1. The van der Waals surface area contributed by atoms with Gasteiger partial charge in [-0.05, 0) is 36.4 Å². The molecule has 0 aliphatic heterocycles. The Hall–Kier alpha value is -2.92. The fourth-order valence-electron chi connectivity index (χ4n) is 2.20. The van der Waals surface area contributed by atoms with Gasteiger partial charge >= 0.3 is 0 Å². The summed E-state index contributed by atoms with van der Waals surface area (Å²) in [5.41, 5.74) is 1.89. The summed E-state index contributed by atoms with van der Waals surface area (Å²) in [7, 11) is 0. The molecule has 0 unspecified atom stereocenters. The number of carbonyl (C=O) groups is 1. The Labute approximate surface area is 144 Å². The van der Waals surface area contributed by atoms with E-state index in [1.165, 1.54) is 0 Å². The fourth-order valence-corrected chi connectivity index (χ4v) is 2.39. The molecule has 0 radical (unpaired) electrons. The maximum atomic E-state index is 12.5. The number of hydrogen-bond donors (Lipinski definition) is 2. The maximum absolute atomic E-state index is 12.5. The predicted octanol–water partition coefficient (Wildman–Crippen LogP) is 3.99. The van der Waals surface area contributed by atoms with Gasteiger partial charge in [0.2, 0.25) is 0 Å². The van der Waals surface area contributed by atoms with E-state index in [9.17, 15) is 4.79 Å². The van der Waals surface area contributed by atoms with Crippen LogP contribution >= 0.6 is 11.6 Å². The van der Waals surface area contributed by atoms with Crippen molar-refractivity contribution >= 4 is 28.9 Å². The Balaban J connectivity index is 1.74. The number of benzene rings is 2. The van der Waals surface area contributed by atoms with E-state index >= 15 is 0 Å². The summed E-state index contributed by atoms with van der Waals surface area (Å²) >= 11 is 5.95. The van der Waals surface area contributed by atoms with Crippen LogP contribution < -0.4 is 10.6 Å². The van der Waals surface area contributed by atoms with Crippen molar-refractivity contribution in [2.45, 2.75) is 6.54 Å². The molecule has 0 aliphatic rings. The zero-order chi connectivity index (χ0) is 16.8. The van der Waals surface area contributed by atoms with Crippen LogP contribution in [0, 0.1) is 0 Å². The van der Waals surface area contributed by atoms with Crippen molar-refractivity contribution in [3.05, 3.63) is 83.4 Å². The number of anilines is 2. The summed E-state index contributed by atoms with van der Waals surface area (Å²) in [6, 6.07) is 16.1. The predicted molar refractivity (Wildman–Crippen MR) is 95.2 cm³/mol. The number of nitrogens with one attached hydrogen (secondary N) is 2. The van der Waals surface area contributed by atoms with Crippen LogP contribution in [-0.2, 0) is 6.54 Å². The molecule has 3 aromatic rings. The van der Waals surface area contributed by atoms with Crippen molar-refractivity contribution < 1.29 is 4.79 Å². The summed E-state index contributed by atoms with van der Waals surface area (Å²) in [4.78, 5) is 20.8. The van der Waals surface area contributed by atoms with Crippen LogP contribution in [0.15, 0.2) is 67.0 Å². The first-order valence-corrected chi connectivity index (χ1v) is 7.76. The topological polar surface area (TPSA) is 66.9 Å². The molecule has 0 fully saturated rings. The number of para-hydroxylation sites is 1. The molecule has 120 valence electrons. The molecule has 1 heterocycles. The van der Waals surface area contributed by atoms with Crippen LogP contribution in [0.1, 0.15) is 16.2 Å². The normalized spacial score (nSPS) is 10.2. The second-order valence-electron chi connectivity index (χ2n) is 5.03. The van der Waals surface area contributed by atoms with E-state index in [0.29, 0.717) is 34.3 Å². The van der Waals surface area contributed by atoms with Crippen LogP contribution in [0.4, 0.5) is 11.4 Å². The minimum Gasteiger partial charge on any atom is -0.377 e. The minimum atomic E-state index is -0.214. The monoisotopic (exact) mass is 338 g/mol. The molecule has 5 nitrogen and oxygen atoms in total. The lowest BCUT2D eigenvalue weighted by atomic mass is 10.1. The summed E-state index contributed by atoms with van der Waals surface area (Å²) in [6.07, 6.45) is 3.36. The quantitative estimate of drug-likeness (QED) is 0.738. The van der Waals surface area contributed by atoms with Crippen LogP contribution in [0.5, 0.6) is 0 Å². The number of rotatable bonds is 5. The standard InChI is InChI=1S/C18H15ClN4O/c19-13-5-3-6-14(11-13)23-18(24)15-7-1-2-8-16(15)22-12-17-20-9-4-10-21-17/h1-11,22H,12H2,(H,23,24). The highest BCUT2D eigenvalue weighted by Gasteiger charge is 2.11. The first-order chi connectivity index (χ1) is 11.7. The van der Waals surface area contributed by atoms with Crippen LogP contribution in [0.3, 0.4) is 0 Å². The molecular weight excluding hydrogens is 324 g/mol. The Morgan fingerprint density at radius 1 is 1.00 bits per heavy atom. The van der Waals surface area contributed by atoms with Crippen molar-refractivity contribution in [2.75, 3.05) is 10.6 Å². The number of aromatic nitrogens is 2. The molecule has 0 spiro atoms. The highest BCUT2D eigenvalue weighted by Crippen LogP contribution is 2.19. The Morgan fingerprint density at radius 3 is 2.58 bits per heavy atom. The van der Waals surface area contributed by atoms with Gasteiger partial charge in [-0.15, -0.1) is 0 Å². The summed E-state index contributed by atoms with van der Waals surface area (Å²) in [5.74, 6) is 0.442. The number of nitrogens with zero attached hydrogens (tertiary/aromatic N) is 2. The van der Waals surface area contributed by atoms with Crippen molar-refractivity contribution in [1.29, 1.82) is 0 Å². The van der Waals surface area contributed by atoms with Gasteiger partial charge in [-0.3, -0.25) is 4.79 Å². The smallest absolute Gasteiger partial charge is 0.257 e. The van der Waals surface area contributed by atoms with Crippen molar-refractivity contribution in [3.63, 3.8) is 0 Å². The third kappa shape index (κ3) is 4.08. The summed E-state index contributed by atoms with van der Waals surface area (Å²) in [5, 5.41) is 6.61. The average Bonchev–Trinajstić information content (AvgIpc) is 2.61. The van der Waals surface area contributed by atoms with Gasteiger partial charge in [0.05, 0.1) is 12.1 Å². The fraction of sp³-hybridized carbons (Fsp3) is 0.0556. The van der Waals surface area contributed by atoms with Gasteiger partial charge in [0, 0.05) is 28.8 Å². The van der Waals surface area contributed by atoms with Crippen LogP contribution in [0.25, 0.3) is 0 Å². The molecule has 0 bridgehead atoms. The third-order valence-corrected chi connectivity index (χ3v) is 3.55. The van der Waals surface area contributed by atoms with E-state index in [0.717, 1.165) is 0 Å². The molecule has 6 heteroatoms. The average molecular weight is 339 g/mol. The Morgan fingerprint density at radius 2 is 1.79 bits per heavy atom. The van der Waals surface area contributed by atoms with E-state index in [-0.39, 0.29) is 5.91 Å². The molecule has 0 atom stereocenters. The van der Waals surface area contributed by atoms with Crippen molar-refractivity contribution in [1.82, 2.24) is 9.97 Å². The van der Waals surface area contributed by atoms with E-state index in [4.69, 9.17) is 11.6 Å². The molecule has 0 aliphatic carbocycles. The molecule has 0 saturated carbocycles. The molecule has 0 saturated heterocycles. The Bertz CT molecular complexity index is 839. The highest BCUT2D eigenvalue weighted by atomic mass is 35.5. The molecule has 1 aromatic heterocycles. The first kappa shape index (κ1) is 16.0. The number of halogens is 1. The lowest BCUT2D eigenvalue weighted by Gasteiger charge is -2.12. The van der Waals surface area contributed by atoms with E-state index < -0.39 is 0 Å². The van der Waals surface area contributed by atoms with Gasteiger partial charge in [-0.1, -0.05) is 29.8 Å². The molecule has 3 rings (SSSR count). The highest BCUT2D eigenvalue weighted by molar-refractivity contribution is 6.31. The van der Waals surface area contributed by atoms with Gasteiger partial charge in [-0.25, -0.2) is 9.97 Å². The second-order valence-corrected chi connectivity index (χ2v) is 5.47. The van der Waals surface area contributed by atoms with Crippen LogP contribution in [-0.4, -0.2) is 15.9 Å². The first-order valence-electron chi connectivity index (χ1n) is 7.38. The van der Waals surface area contributed by atoms with Gasteiger partial charge in [0.25, 0.3) is 5.91 Å². The lowest BCUT2D eigenvalue weighted by Crippen LogP contribution is -2.15. The van der Waals surface area contributed by atoms with E-state index in [1.54, 1.807) is 48.8 Å². The molecule has 24 heavy (non-hydrogen) atoms. The largest absolute Gasteiger partial charge is 0.377 e. The maximum Gasteiger partial charge on any atom is 0.257 e. The summed E-state index contributed by atoms with van der Waals surface area (Å²) in [6.45, 7) is 0.433. The van der Waals surface area contributed by atoms with Crippen molar-refractivity contribution in [3.8, 4) is 0 Å². The second kappa shape index (κ2) is 7.57. The van der Waals surface area contributed by atoms with Crippen LogP contribution in [0.2, 0.25) is 5.02 Å². The van der Waals surface area contributed by atoms with Gasteiger partial charge < -0.3 is 10.6 Å². The van der Waals surface area contributed by atoms with Gasteiger partial charge in [-0.2, -0.15) is 0 Å². The summed E-state index contributed by atoms with van der Waals surface area (Å²) < 4.78 is 0. The van der Waals surface area contributed by atoms with Crippen molar-refractivity contribution in [2.24, 2.45) is 0 Å². The molecule has 2 aromatic carbocycles. The molecule has 1 amide bonds. The zero-order valence-electron chi connectivity index (χ0n) is 12.7. The van der Waals surface area contributed by atoms with Gasteiger partial charge in [0.15, 0.2) is 0 Å². The SMILES string of the molecule is O=C(Nc1cccc(Cl)c1)c1ccccc1NCc1ncccn1.